The lowest BCUT2D eigenvalue weighted by atomic mass is 9.98. The highest BCUT2D eigenvalue weighted by molar-refractivity contribution is 5.29. The van der Waals surface area contributed by atoms with Crippen molar-refractivity contribution < 1.29 is 9.84 Å². The third kappa shape index (κ3) is 3.71. The number of nitrogens with zero attached hydrogens (tertiary/aromatic N) is 1. The van der Waals surface area contributed by atoms with Crippen LogP contribution in [0.15, 0.2) is 24.3 Å². The Kier molecular flexibility index (Phi) is 5.23. The number of piperidine rings is 1. The molecule has 1 heterocycles. The number of aliphatic hydroxyl groups excluding tert-OH is 1. The molecule has 2 rings (SSSR count). The van der Waals surface area contributed by atoms with Crippen LogP contribution >= 0.6 is 0 Å². The summed E-state index contributed by atoms with van der Waals surface area (Å²) in [5.41, 5.74) is 0.944. The molecule has 2 atom stereocenters. The van der Waals surface area contributed by atoms with E-state index in [1.165, 1.54) is 25.7 Å². The van der Waals surface area contributed by atoms with Gasteiger partial charge in [-0.3, -0.25) is 4.90 Å². The van der Waals surface area contributed by atoms with Gasteiger partial charge in [-0.25, -0.2) is 0 Å². The van der Waals surface area contributed by atoms with Gasteiger partial charge in [-0.15, -0.1) is 0 Å². The van der Waals surface area contributed by atoms with Gasteiger partial charge in [-0.05, 0) is 43.5 Å². The first-order valence-electron chi connectivity index (χ1n) is 7.30. The van der Waals surface area contributed by atoms with Crippen molar-refractivity contribution >= 4 is 0 Å². The van der Waals surface area contributed by atoms with Gasteiger partial charge in [-0.1, -0.05) is 25.5 Å². The van der Waals surface area contributed by atoms with Crippen molar-refractivity contribution in [1.29, 1.82) is 0 Å². The molecule has 1 aromatic carbocycles. The predicted molar refractivity (Wildman–Crippen MR) is 77.5 cm³/mol. The fourth-order valence-corrected chi connectivity index (χ4v) is 2.94. The Morgan fingerprint density at radius 2 is 2.26 bits per heavy atom. The van der Waals surface area contributed by atoms with Crippen LogP contribution in [0, 0.1) is 0 Å². The molecule has 0 saturated carbocycles. The first-order chi connectivity index (χ1) is 9.24. The summed E-state index contributed by atoms with van der Waals surface area (Å²) >= 11 is 0. The summed E-state index contributed by atoms with van der Waals surface area (Å²) in [5, 5.41) is 10.4. The molecule has 1 aromatic rings. The summed E-state index contributed by atoms with van der Waals surface area (Å²) in [6.45, 7) is 4.08. The summed E-state index contributed by atoms with van der Waals surface area (Å²) in [5.74, 6) is 0.808. The van der Waals surface area contributed by atoms with Crippen LogP contribution in [-0.2, 0) is 0 Å². The van der Waals surface area contributed by atoms with Gasteiger partial charge in [0, 0.05) is 12.6 Å². The minimum Gasteiger partial charge on any atom is -0.497 e. The van der Waals surface area contributed by atoms with E-state index < -0.39 is 6.10 Å². The first kappa shape index (κ1) is 14.4. The molecule has 106 valence electrons. The average molecular weight is 263 g/mol. The summed E-state index contributed by atoms with van der Waals surface area (Å²) in [6, 6.07) is 8.37. The topological polar surface area (TPSA) is 32.7 Å². The van der Waals surface area contributed by atoms with E-state index in [0.29, 0.717) is 6.04 Å². The molecule has 0 radical (unpaired) electrons. The van der Waals surface area contributed by atoms with Gasteiger partial charge in [0.1, 0.15) is 5.75 Å². The molecule has 0 spiro atoms. The van der Waals surface area contributed by atoms with Crippen LogP contribution in [0.25, 0.3) is 0 Å². The molecule has 1 fully saturated rings. The second-order valence-electron chi connectivity index (χ2n) is 5.35. The van der Waals surface area contributed by atoms with Crippen LogP contribution in [0.2, 0.25) is 0 Å². The number of β-amino-alcohol motifs (C(OH)–C–C–N with tert-alkyl or cyclic N) is 1. The Balaban J connectivity index is 2.00. The summed E-state index contributed by atoms with van der Waals surface area (Å²) in [4.78, 5) is 2.44. The number of methoxy groups -OCH3 is 1. The van der Waals surface area contributed by atoms with Crippen molar-refractivity contribution in [3.05, 3.63) is 29.8 Å². The predicted octanol–water partition coefficient (Wildman–Crippen LogP) is 2.99. The van der Waals surface area contributed by atoms with Gasteiger partial charge >= 0.3 is 0 Å². The highest BCUT2D eigenvalue weighted by Crippen LogP contribution is 2.24. The average Bonchev–Trinajstić information content (AvgIpc) is 2.47. The maximum absolute atomic E-state index is 10.4. The summed E-state index contributed by atoms with van der Waals surface area (Å²) in [7, 11) is 1.66. The third-order valence-corrected chi connectivity index (χ3v) is 4.11. The minimum absolute atomic E-state index is 0.428. The van der Waals surface area contributed by atoms with E-state index in [4.69, 9.17) is 4.74 Å². The van der Waals surface area contributed by atoms with Crippen LogP contribution in [0.1, 0.15) is 44.3 Å². The van der Waals surface area contributed by atoms with Crippen molar-refractivity contribution in [1.82, 2.24) is 4.90 Å². The Hall–Kier alpha value is -1.06. The summed E-state index contributed by atoms with van der Waals surface area (Å²) < 4.78 is 5.21. The Morgan fingerprint density at radius 1 is 1.42 bits per heavy atom. The van der Waals surface area contributed by atoms with E-state index in [2.05, 4.69) is 11.8 Å². The van der Waals surface area contributed by atoms with Gasteiger partial charge in [0.2, 0.25) is 0 Å². The monoisotopic (exact) mass is 263 g/mol. The normalized spacial score (nSPS) is 22.2. The van der Waals surface area contributed by atoms with Crippen molar-refractivity contribution in [2.75, 3.05) is 20.2 Å². The zero-order valence-corrected chi connectivity index (χ0v) is 12.0. The molecular formula is C16H25NO2. The van der Waals surface area contributed by atoms with Crippen molar-refractivity contribution in [2.45, 2.75) is 44.8 Å². The third-order valence-electron chi connectivity index (χ3n) is 4.11. The lowest BCUT2D eigenvalue weighted by molar-refractivity contribution is 0.0655. The number of ether oxygens (including phenoxy) is 1. The Labute approximate surface area is 116 Å². The molecule has 1 saturated heterocycles. The molecular weight excluding hydrogens is 238 g/mol. The second-order valence-corrected chi connectivity index (χ2v) is 5.35. The molecule has 0 aliphatic carbocycles. The number of hydrogen-bond donors (Lipinski definition) is 1. The van der Waals surface area contributed by atoms with Gasteiger partial charge in [0.25, 0.3) is 0 Å². The Bertz CT molecular complexity index is 394. The molecule has 2 unspecified atom stereocenters. The quantitative estimate of drug-likeness (QED) is 0.886. The van der Waals surface area contributed by atoms with E-state index in [0.717, 1.165) is 24.4 Å². The van der Waals surface area contributed by atoms with Crippen LogP contribution in [0.5, 0.6) is 5.75 Å². The molecule has 1 aliphatic rings. The molecule has 19 heavy (non-hydrogen) atoms. The molecule has 0 amide bonds. The molecule has 3 heteroatoms. The van der Waals surface area contributed by atoms with Crippen LogP contribution < -0.4 is 4.74 Å². The number of aliphatic hydroxyl groups is 1. The van der Waals surface area contributed by atoms with Gasteiger partial charge in [-0.2, -0.15) is 0 Å². The number of likely N-dealkylation sites (tertiary alicyclic amines) is 1. The molecule has 1 aliphatic heterocycles. The maximum Gasteiger partial charge on any atom is 0.119 e. The standard InChI is InChI=1S/C16H25NO2/c1-3-14-8-4-5-10-17(14)12-16(18)13-7-6-9-15(11-13)19-2/h6-7,9,11,14,16,18H,3-5,8,10,12H2,1-2H3. The lowest BCUT2D eigenvalue weighted by Gasteiger charge is -2.36. The largest absolute Gasteiger partial charge is 0.497 e. The highest BCUT2D eigenvalue weighted by Gasteiger charge is 2.23. The van der Waals surface area contributed by atoms with E-state index in [9.17, 15) is 5.11 Å². The molecule has 1 N–H and O–H groups in total. The molecule has 3 nitrogen and oxygen atoms in total. The summed E-state index contributed by atoms with van der Waals surface area (Å²) in [6.07, 6.45) is 4.58. The fraction of sp³-hybridized carbons (Fsp3) is 0.625. The number of rotatable bonds is 5. The molecule has 0 bridgehead atoms. The fourth-order valence-electron chi connectivity index (χ4n) is 2.94. The second kappa shape index (κ2) is 6.92. The van der Waals surface area contributed by atoms with E-state index in [1.54, 1.807) is 7.11 Å². The van der Waals surface area contributed by atoms with Crippen LogP contribution in [0.3, 0.4) is 0 Å². The van der Waals surface area contributed by atoms with Crippen LogP contribution in [0.4, 0.5) is 0 Å². The first-order valence-corrected chi connectivity index (χ1v) is 7.30. The smallest absolute Gasteiger partial charge is 0.119 e. The number of hydrogen-bond acceptors (Lipinski definition) is 3. The highest BCUT2D eigenvalue weighted by atomic mass is 16.5. The van der Waals surface area contributed by atoms with Gasteiger partial charge < -0.3 is 9.84 Å². The zero-order chi connectivity index (χ0) is 13.7. The van der Waals surface area contributed by atoms with Crippen molar-refractivity contribution in [3.8, 4) is 5.75 Å². The van der Waals surface area contributed by atoms with Crippen molar-refractivity contribution in [3.63, 3.8) is 0 Å². The van der Waals surface area contributed by atoms with E-state index in [-0.39, 0.29) is 0 Å². The van der Waals surface area contributed by atoms with Gasteiger partial charge in [0.15, 0.2) is 0 Å². The Morgan fingerprint density at radius 3 is 3.00 bits per heavy atom. The minimum atomic E-state index is -0.428. The number of benzene rings is 1. The maximum atomic E-state index is 10.4. The SMILES string of the molecule is CCC1CCCCN1CC(O)c1cccc(OC)c1. The lowest BCUT2D eigenvalue weighted by Crippen LogP contribution is -2.41. The van der Waals surface area contributed by atoms with E-state index in [1.807, 2.05) is 24.3 Å². The van der Waals surface area contributed by atoms with Crippen molar-refractivity contribution in [2.24, 2.45) is 0 Å². The van der Waals surface area contributed by atoms with E-state index >= 15 is 0 Å². The van der Waals surface area contributed by atoms with Crippen LogP contribution in [-0.4, -0.2) is 36.2 Å². The molecule has 0 aromatic heterocycles. The zero-order valence-electron chi connectivity index (χ0n) is 12.0. The van der Waals surface area contributed by atoms with Gasteiger partial charge in [0.05, 0.1) is 13.2 Å².